The highest BCUT2D eigenvalue weighted by Gasteiger charge is 2.34. The smallest absolute Gasteiger partial charge is 0.250 e. The molecule has 0 radical (unpaired) electrons. The van der Waals surface area contributed by atoms with Crippen LogP contribution >= 0.6 is 11.8 Å². The molecule has 1 aliphatic heterocycles. The number of hydrogen-bond donors (Lipinski definition) is 1. The number of hydrogen-bond acceptors (Lipinski definition) is 5. The number of thioether (sulfide) groups is 1. The third-order valence-electron chi connectivity index (χ3n) is 3.77. The SMILES string of the molecule is CC/C=C(\C)C(=O)N1CSC[C@@H]1C(=O)NCc1ccnc(OC)c1. The van der Waals surface area contributed by atoms with Crippen LogP contribution < -0.4 is 10.1 Å². The van der Waals surface area contributed by atoms with Gasteiger partial charge in [0.15, 0.2) is 0 Å². The summed E-state index contributed by atoms with van der Waals surface area (Å²) in [4.78, 5) is 30.6. The lowest BCUT2D eigenvalue weighted by molar-refractivity contribution is -0.135. The fourth-order valence-corrected chi connectivity index (χ4v) is 3.61. The summed E-state index contributed by atoms with van der Waals surface area (Å²) in [5.74, 6) is 1.49. The Hall–Kier alpha value is -2.02. The number of allylic oxidation sites excluding steroid dienone is 1. The second-order valence-electron chi connectivity index (χ2n) is 5.51. The highest BCUT2D eigenvalue weighted by Crippen LogP contribution is 2.23. The zero-order chi connectivity index (χ0) is 17.5. The number of methoxy groups -OCH3 is 1. The van der Waals surface area contributed by atoms with Crippen LogP contribution in [0.2, 0.25) is 0 Å². The minimum absolute atomic E-state index is 0.0624. The summed E-state index contributed by atoms with van der Waals surface area (Å²) in [5, 5.41) is 2.90. The van der Waals surface area contributed by atoms with Crippen LogP contribution in [0.1, 0.15) is 25.8 Å². The lowest BCUT2D eigenvalue weighted by Crippen LogP contribution is -2.47. The molecule has 7 heteroatoms. The van der Waals surface area contributed by atoms with E-state index >= 15 is 0 Å². The van der Waals surface area contributed by atoms with Crippen LogP contribution in [-0.2, 0) is 16.1 Å². The zero-order valence-corrected chi connectivity index (χ0v) is 15.1. The Morgan fingerprint density at radius 2 is 2.33 bits per heavy atom. The summed E-state index contributed by atoms with van der Waals surface area (Å²) in [6.07, 6.45) is 4.34. The van der Waals surface area contributed by atoms with E-state index in [0.717, 1.165) is 12.0 Å². The van der Waals surface area contributed by atoms with Crippen molar-refractivity contribution in [2.75, 3.05) is 18.7 Å². The van der Waals surface area contributed by atoms with E-state index in [1.807, 2.05) is 19.1 Å². The summed E-state index contributed by atoms with van der Waals surface area (Å²) in [6.45, 7) is 4.17. The maximum Gasteiger partial charge on any atom is 0.250 e. The standard InChI is InChI=1S/C17H23N3O3S/c1-4-5-12(2)17(22)20-11-24-10-14(20)16(21)19-9-13-6-7-18-15(8-13)23-3/h5-8,14H,4,9-11H2,1-3H3,(H,19,21)/b12-5+/t14-/m1/s1. The van der Waals surface area contributed by atoms with Gasteiger partial charge in [0.05, 0.1) is 13.0 Å². The number of ether oxygens (including phenoxy) is 1. The van der Waals surface area contributed by atoms with Gasteiger partial charge in [0.1, 0.15) is 6.04 Å². The van der Waals surface area contributed by atoms with E-state index in [9.17, 15) is 9.59 Å². The average Bonchev–Trinajstić information content (AvgIpc) is 3.09. The van der Waals surface area contributed by atoms with Crippen molar-refractivity contribution < 1.29 is 14.3 Å². The van der Waals surface area contributed by atoms with Crippen LogP contribution in [0.3, 0.4) is 0 Å². The van der Waals surface area contributed by atoms with Gasteiger partial charge >= 0.3 is 0 Å². The van der Waals surface area contributed by atoms with E-state index in [-0.39, 0.29) is 11.8 Å². The van der Waals surface area contributed by atoms with E-state index < -0.39 is 6.04 Å². The van der Waals surface area contributed by atoms with Crippen LogP contribution in [0.15, 0.2) is 30.0 Å². The van der Waals surface area contributed by atoms with Crippen LogP contribution in [0.4, 0.5) is 0 Å². The van der Waals surface area contributed by atoms with Crippen molar-refractivity contribution in [2.45, 2.75) is 32.9 Å². The molecule has 1 N–H and O–H groups in total. The molecule has 1 fully saturated rings. The van der Waals surface area contributed by atoms with Gasteiger partial charge in [-0.15, -0.1) is 11.8 Å². The summed E-state index contributed by atoms with van der Waals surface area (Å²) in [7, 11) is 1.55. The second-order valence-corrected chi connectivity index (χ2v) is 6.51. The first-order valence-corrected chi connectivity index (χ1v) is 9.04. The molecule has 24 heavy (non-hydrogen) atoms. The molecule has 0 aliphatic carbocycles. The van der Waals surface area contributed by atoms with Gasteiger partial charge in [-0.2, -0.15) is 0 Å². The van der Waals surface area contributed by atoms with Crippen LogP contribution in [0.25, 0.3) is 0 Å². The van der Waals surface area contributed by atoms with Gasteiger partial charge in [-0.1, -0.05) is 13.0 Å². The first kappa shape index (κ1) is 18.3. The molecule has 130 valence electrons. The molecular weight excluding hydrogens is 326 g/mol. The van der Waals surface area contributed by atoms with E-state index in [4.69, 9.17) is 4.74 Å². The van der Waals surface area contributed by atoms with Crippen molar-refractivity contribution in [3.63, 3.8) is 0 Å². The van der Waals surface area contributed by atoms with Gasteiger partial charge in [0, 0.05) is 30.1 Å². The monoisotopic (exact) mass is 349 g/mol. The number of pyridine rings is 1. The van der Waals surface area contributed by atoms with E-state index in [2.05, 4.69) is 10.3 Å². The Bertz CT molecular complexity index is 633. The molecule has 1 saturated heterocycles. The molecule has 0 bridgehead atoms. The van der Waals surface area contributed by atoms with Crippen molar-refractivity contribution in [1.82, 2.24) is 15.2 Å². The van der Waals surface area contributed by atoms with Crippen molar-refractivity contribution in [1.29, 1.82) is 0 Å². The minimum atomic E-state index is -0.425. The summed E-state index contributed by atoms with van der Waals surface area (Å²) in [6, 6.07) is 3.18. The number of carbonyl (C=O) groups is 2. The number of nitrogens with one attached hydrogen (secondary N) is 1. The normalized spacial score (nSPS) is 17.7. The van der Waals surface area contributed by atoms with Gasteiger partial charge in [0.25, 0.3) is 5.91 Å². The van der Waals surface area contributed by atoms with E-state index in [1.165, 1.54) is 0 Å². The molecule has 1 aliphatic rings. The van der Waals surface area contributed by atoms with Crippen LogP contribution in [-0.4, -0.2) is 46.5 Å². The first-order chi connectivity index (χ1) is 11.6. The predicted octanol–water partition coefficient (Wildman–Crippen LogP) is 1.96. The minimum Gasteiger partial charge on any atom is -0.481 e. The van der Waals surface area contributed by atoms with Gasteiger partial charge in [0.2, 0.25) is 11.8 Å². The molecule has 0 unspecified atom stereocenters. The molecular formula is C17H23N3O3S. The number of amides is 2. The Morgan fingerprint density at radius 1 is 1.54 bits per heavy atom. The maximum atomic E-state index is 12.5. The van der Waals surface area contributed by atoms with Gasteiger partial charge in [-0.25, -0.2) is 4.98 Å². The van der Waals surface area contributed by atoms with Crippen molar-refractivity contribution in [3.05, 3.63) is 35.5 Å². The van der Waals surface area contributed by atoms with Crippen molar-refractivity contribution >= 4 is 23.6 Å². The Kier molecular flexibility index (Phi) is 6.66. The molecule has 0 aromatic carbocycles. The number of aromatic nitrogens is 1. The lowest BCUT2D eigenvalue weighted by atomic mass is 10.2. The summed E-state index contributed by atoms with van der Waals surface area (Å²) in [5.41, 5.74) is 1.59. The summed E-state index contributed by atoms with van der Waals surface area (Å²) >= 11 is 1.60. The molecule has 6 nitrogen and oxygen atoms in total. The molecule has 0 saturated carbocycles. The van der Waals surface area contributed by atoms with E-state index in [0.29, 0.717) is 29.6 Å². The first-order valence-electron chi connectivity index (χ1n) is 7.89. The Balaban J connectivity index is 1.97. The maximum absolute atomic E-state index is 12.5. The molecule has 2 rings (SSSR count). The molecule has 1 aromatic heterocycles. The largest absolute Gasteiger partial charge is 0.481 e. The Morgan fingerprint density at radius 3 is 3.04 bits per heavy atom. The number of rotatable bonds is 6. The van der Waals surface area contributed by atoms with E-state index in [1.54, 1.807) is 43.0 Å². The third-order valence-corrected chi connectivity index (χ3v) is 4.78. The Labute approximate surface area is 146 Å². The molecule has 0 spiro atoms. The predicted molar refractivity (Wildman–Crippen MR) is 94.6 cm³/mol. The second kappa shape index (κ2) is 8.73. The van der Waals surface area contributed by atoms with Crippen molar-refractivity contribution in [3.8, 4) is 5.88 Å². The molecule has 2 heterocycles. The molecule has 1 aromatic rings. The van der Waals surface area contributed by atoms with Crippen LogP contribution in [0.5, 0.6) is 5.88 Å². The van der Waals surface area contributed by atoms with Gasteiger partial charge < -0.3 is 15.0 Å². The summed E-state index contributed by atoms with van der Waals surface area (Å²) < 4.78 is 5.07. The lowest BCUT2D eigenvalue weighted by Gasteiger charge is -2.23. The highest BCUT2D eigenvalue weighted by molar-refractivity contribution is 7.99. The van der Waals surface area contributed by atoms with Gasteiger partial charge in [-0.05, 0) is 25.0 Å². The molecule has 2 amide bonds. The molecule has 1 atom stereocenters. The highest BCUT2D eigenvalue weighted by atomic mass is 32.2. The third kappa shape index (κ3) is 4.50. The van der Waals surface area contributed by atoms with Crippen LogP contribution in [0, 0.1) is 0 Å². The fourth-order valence-electron chi connectivity index (χ4n) is 2.46. The van der Waals surface area contributed by atoms with Crippen molar-refractivity contribution in [2.24, 2.45) is 0 Å². The van der Waals surface area contributed by atoms with Gasteiger partial charge in [-0.3, -0.25) is 9.59 Å². The fraction of sp³-hybridized carbons (Fsp3) is 0.471. The zero-order valence-electron chi connectivity index (χ0n) is 14.2. The number of carbonyl (C=O) groups excluding carboxylic acids is 2. The average molecular weight is 349 g/mol. The number of nitrogens with zero attached hydrogens (tertiary/aromatic N) is 2. The quantitative estimate of drug-likeness (QED) is 0.795. The topological polar surface area (TPSA) is 71.5 Å².